The smallest absolute Gasteiger partial charge is 0.231 e. The molecule has 4 heteroatoms. The number of thioether (sulfide) groups is 1. The predicted molar refractivity (Wildman–Crippen MR) is 85.0 cm³/mol. The lowest BCUT2D eigenvalue weighted by molar-refractivity contribution is -0.120. The van der Waals surface area contributed by atoms with Gasteiger partial charge >= 0.3 is 0 Å². The molecule has 1 amide bonds. The van der Waals surface area contributed by atoms with Gasteiger partial charge in [0.1, 0.15) is 5.54 Å². The Bertz CT molecular complexity index is 716. The quantitative estimate of drug-likeness (QED) is 0.879. The highest BCUT2D eigenvalue weighted by Gasteiger charge is 2.38. The molecule has 1 saturated carbocycles. The van der Waals surface area contributed by atoms with E-state index >= 15 is 0 Å². The molecule has 0 bridgehead atoms. The van der Waals surface area contributed by atoms with Crippen molar-refractivity contribution < 1.29 is 4.79 Å². The maximum atomic E-state index is 12.0. The standard InChI is InChI=1S/C17H16N2OS/c18-12-17(8-3-9-17)19-16(20)11-21-15-7-6-13-4-1-2-5-14(13)10-15/h1-2,4-7,10H,3,8-9,11H2,(H,19,20). The average Bonchev–Trinajstić information content (AvgIpc) is 2.48. The Balaban J connectivity index is 1.61. The number of carbonyl (C=O) groups excluding carboxylic acids is 1. The van der Waals surface area contributed by atoms with Crippen LogP contribution in [0.1, 0.15) is 19.3 Å². The van der Waals surface area contributed by atoms with E-state index in [1.807, 2.05) is 18.2 Å². The van der Waals surface area contributed by atoms with Gasteiger partial charge in [-0.2, -0.15) is 5.26 Å². The van der Waals surface area contributed by atoms with Crippen molar-refractivity contribution in [3.8, 4) is 6.07 Å². The van der Waals surface area contributed by atoms with Crippen molar-refractivity contribution in [3.05, 3.63) is 42.5 Å². The third kappa shape index (κ3) is 3.03. The van der Waals surface area contributed by atoms with Crippen LogP contribution in [-0.4, -0.2) is 17.2 Å². The largest absolute Gasteiger partial charge is 0.337 e. The van der Waals surface area contributed by atoms with Crippen LogP contribution in [0, 0.1) is 11.3 Å². The summed E-state index contributed by atoms with van der Waals surface area (Å²) in [7, 11) is 0. The van der Waals surface area contributed by atoms with Crippen molar-refractivity contribution in [3.63, 3.8) is 0 Å². The molecule has 21 heavy (non-hydrogen) atoms. The molecule has 3 rings (SSSR count). The summed E-state index contributed by atoms with van der Waals surface area (Å²) < 4.78 is 0. The zero-order valence-electron chi connectivity index (χ0n) is 11.6. The fourth-order valence-corrected chi connectivity index (χ4v) is 3.25. The second-order valence-corrected chi connectivity index (χ2v) is 6.44. The number of hydrogen-bond donors (Lipinski definition) is 1. The van der Waals surface area contributed by atoms with Gasteiger partial charge < -0.3 is 5.32 Å². The normalized spacial score (nSPS) is 16.0. The molecular weight excluding hydrogens is 280 g/mol. The topological polar surface area (TPSA) is 52.9 Å². The van der Waals surface area contributed by atoms with Crippen molar-refractivity contribution >= 4 is 28.4 Å². The number of rotatable bonds is 4. The first-order chi connectivity index (χ1) is 10.2. The number of nitrogens with zero attached hydrogens (tertiary/aromatic N) is 1. The third-order valence-corrected chi connectivity index (χ3v) is 4.88. The van der Waals surface area contributed by atoms with Crippen molar-refractivity contribution in [2.45, 2.75) is 29.7 Å². The Kier molecular flexibility index (Phi) is 3.85. The van der Waals surface area contributed by atoms with Gasteiger partial charge in [-0.3, -0.25) is 4.79 Å². The number of amides is 1. The third-order valence-electron chi connectivity index (χ3n) is 3.89. The number of nitrogens with one attached hydrogen (secondary N) is 1. The van der Waals surface area contributed by atoms with E-state index in [2.05, 4.69) is 35.7 Å². The highest BCUT2D eigenvalue weighted by Crippen LogP contribution is 2.31. The fraction of sp³-hybridized carbons (Fsp3) is 0.294. The molecule has 0 spiro atoms. The van der Waals surface area contributed by atoms with Crippen molar-refractivity contribution in [2.24, 2.45) is 0 Å². The summed E-state index contributed by atoms with van der Waals surface area (Å²) in [5.41, 5.74) is -0.596. The van der Waals surface area contributed by atoms with E-state index in [1.54, 1.807) is 0 Å². The van der Waals surface area contributed by atoms with Gasteiger partial charge in [0.15, 0.2) is 0 Å². The second kappa shape index (κ2) is 5.79. The average molecular weight is 296 g/mol. The zero-order chi connectivity index (χ0) is 14.7. The van der Waals surface area contributed by atoms with Gasteiger partial charge in [-0.15, -0.1) is 11.8 Å². The van der Waals surface area contributed by atoms with Crippen LogP contribution in [0.15, 0.2) is 47.4 Å². The molecule has 0 heterocycles. The van der Waals surface area contributed by atoms with Gasteiger partial charge in [0.25, 0.3) is 0 Å². The first-order valence-corrected chi connectivity index (χ1v) is 8.03. The molecular formula is C17H16N2OS. The maximum absolute atomic E-state index is 12.0. The molecule has 106 valence electrons. The van der Waals surface area contributed by atoms with Gasteiger partial charge in [-0.25, -0.2) is 0 Å². The van der Waals surface area contributed by atoms with Gasteiger partial charge in [0.05, 0.1) is 11.8 Å². The molecule has 0 atom stereocenters. The van der Waals surface area contributed by atoms with Crippen LogP contribution in [0.4, 0.5) is 0 Å². The summed E-state index contributed by atoms with van der Waals surface area (Å²) in [4.78, 5) is 13.0. The van der Waals surface area contributed by atoms with E-state index in [4.69, 9.17) is 5.26 Å². The van der Waals surface area contributed by atoms with Crippen LogP contribution >= 0.6 is 11.8 Å². The highest BCUT2D eigenvalue weighted by molar-refractivity contribution is 8.00. The maximum Gasteiger partial charge on any atom is 0.231 e. The minimum atomic E-state index is -0.596. The van der Waals surface area contributed by atoms with Crippen LogP contribution in [0.25, 0.3) is 10.8 Å². The van der Waals surface area contributed by atoms with Crippen LogP contribution in [-0.2, 0) is 4.79 Å². The minimum Gasteiger partial charge on any atom is -0.337 e. The summed E-state index contributed by atoms with van der Waals surface area (Å²) in [5, 5.41) is 14.4. The van der Waals surface area contributed by atoms with Crippen molar-refractivity contribution in [1.29, 1.82) is 5.26 Å². The molecule has 3 nitrogen and oxygen atoms in total. The molecule has 0 saturated heterocycles. The second-order valence-electron chi connectivity index (χ2n) is 5.39. The number of benzene rings is 2. The zero-order valence-corrected chi connectivity index (χ0v) is 12.5. The number of nitriles is 1. The van der Waals surface area contributed by atoms with Crippen LogP contribution < -0.4 is 5.32 Å². The Morgan fingerprint density at radius 1 is 1.24 bits per heavy atom. The summed E-state index contributed by atoms with van der Waals surface area (Å²) in [6.45, 7) is 0. The van der Waals surface area contributed by atoms with Crippen LogP contribution in [0.5, 0.6) is 0 Å². The van der Waals surface area contributed by atoms with E-state index in [9.17, 15) is 4.79 Å². The lowest BCUT2D eigenvalue weighted by Gasteiger charge is -2.35. The number of carbonyl (C=O) groups is 1. The lowest BCUT2D eigenvalue weighted by Crippen LogP contribution is -2.52. The van der Waals surface area contributed by atoms with Crippen LogP contribution in [0.2, 0.25) is 0 Å². The van der Waals surface area contributed by atoms with E-state index < -0.39 is 5.54 Å². The summed E-state index contributed by atoms with van der Waals surface area (Å²) in [5.74, 6) is 0.288. The van der Waals surface area contributed by atoms with E-state index in [-0.39, 0.29) is 5.91 Å². The Labute approximate surface area is 128 Å². The SMILES string of the molecule is N#CC1(NC(=O)CSc2ccc3ccccc3c2)CCC1. The van der Waals surface area contributed by atoms with Crippen molar-refractivity contribution in [2.75, 3.05) is 5.75 Å². The van der Waals surface area contributed by atoms with E-state index in [0.717, 1.165) is 24.2 Å². The predicted octanol–water partition coefficient (Wildman–Crippen LogP) is 3.49. The molecule has 1 N–H and O–H groups in total. The summed E-state index contributed by atoms with van der Waals surface area (Å²) in [6.07, 6.45) is 2.57. The van der Waals surface area contributed by atoms with E-state index in [0.29, 0.717) is 5.75 Å². The van der Waals surface area contributed by atoms with Crippen molar-refractivity contribution in [1.82, 2.24) is 5.32 Å². The van der Waals surface area contributed by atoms with Gasteiger partial charge in [0, 0.05) is 4.90 Å². The Morgan fingerprint density at radius 3 is 2.67 bits per heavy atom. The minimum absolute atomic E-state index is 0.0607. The molecule has 1 fully saturated rings. The van der Waals surface area contributed by atoms with Gasteiger partial charge in [0.2, 0.25) is 5.91 Å². The molecule has 2 aromatic rings. The molecule has 1 aliphatic rings. The highest BCUT2D eigenvalue weighted by atomic mass is 32.2. The first kappa shape index (κ1) is 14.0. The monoisotopic (exact) mass is 296 g/mol. The summed E-state index contributed by atoms with van der Waals surface area (Å²) in [6, 6.07) is 16.6. The van der Waals surface area contributed by atoms with Crippen LogP contribution in [0.3, 0.4) is 0 Å². The summed E-state index contributed by atoms with van der Waals surface area (Å²) >= 11 is 1.51. The molecule has 0 aromatic heterocycles. The first-order valence-electron chi connectivity index (χ1n) is 7.05. The molecule has 0 unspecified atom stereocenters. The van der Waals surface area contributed by atoms with Gasteiger partial charge in [-0.1, -0.05) is 30.3 Å². The molecule has 2 aromatic carbocycles. The number of fused-ring (bicyclic) bond motifs is 1. The number of hydrogen-bond acceptors (Lipinski definition) is 3. The Morgan fingerprint density at radius 2 is 2.00 bits per heavy atom. The molecule has 0 aliphatic heterocycles. The van der Waals surface area contributed by atoms with E-state index in [1.165, 1.54) is 22.5 Å². The molecule has 0 radical (unpaired) electrons. The fourth-order valence-electron chi connectivity index (χ4n) is 2.50. The van der Waals surface area contributed by atoms with Gasteiger partial charge in [-0.05, 0) is 42.2 Å². The lowest BCUT2D eigenvalue weighted by atomic mass is 9.78. The Hall–Kier alpha value is -1.99. The molecule has 1 aliphatic carbocycles.